The molecule has 448 valence electrons. The first-order valence-corrected chi connectivity index (χ1v) is 34.4. The Morgan fingerprint density at radius 1 is 0.287 bits per heavy atom. The number of para-hydroxylation sites is 4. The lowest BCUT2D eigenvalue weighted by atomic mass is 9.36. The SMILES string of the molecule is Cc1cc(C)c(N2c3cc(-c4c(C)cccc4C)cc4c3B(c3ccccc3O4)c3sc4c(c32)Oc2cc(-c3c(C)cccc3C)cc3c2B4c2sc4c(c2O3)N(c2ccccc2)c2cc(-c3c(C)cccc3C)cc3c2B4c2ccccc2N3c2ccccc2)c(C)c1. The number of benzene rings is 11. The van der Waals surface area contributed by atoms with Gasteiger partial charge in [0.15, 0.2) is 11.5 Å². The van der Waals surface area contributed by atoms with Crippen molar-refractivity contribution in [1.82, 2.24) is 0 Å². The Kier molecular flexibility index (Phi) is 12.0. The summed E-state index contributed by atoms with van der Waals surface area (Å²) in [4.78, 5) is 7.66. The van der Waals surface area contributed by atoms with Crippen molar-refractivity contribution in [2.24, 2.45) is 0 Å². The summed E-state index contributed by atoms with van der Waals surface area (Å²) in [5.74, 6) is 5.17. The summed E-state index contributed by atoms with van der Waals surface area (Å²) >= 11 is 3.84. The van der Waals surface area contributed by atoms with Crippen molar-refractivity contribution in [1.29, 1.82) is 0 Å². The molecular weight excluding hydrogens is 1180 g/mol. The Bertz CT molecular complexity index is 5400. The average Bonchev–Trinajstić information content (AvgIpc) is 1.43. The third-order valence-electron chi connectivity index (χ3n) is 20.8. The number of rotatable bonds is 6. The highest BCUT2D eigenvalue weighted by molar-refractivity contribution is 7.44. The van der Waals surface area contributed by atoms with E-state index in [1.54, 1.807) is 0 Å². The van der Waals surface area contributed by atoms with Crippen molar-refractivity contribution >= 4 is 140 Å². The van der Waals surface area contributed by atoms with Gasteiger partial charge in [0.2, 0.25) is 0 Å². The Morgan fingerprint density at radius 3 is 1.24 bits per heavy atom. The molecule has 0 unspecified atom stereocenters. The normalized spacial score (nSPS) is 13.7. The minimum Gasteiger partial charge on any atom is -0.458 e. The zero-order valence-corrected chi connectivity index (χ0v) is 55.5. The second-order valence-corrected chi connectivity index (χ2v) is 28.8. The fourth-order valence-corrected chi connectivity index (χ4v) is 20.2. The number of nitrogens with zero attached hydrogens (tertiary/aromatic N) is 3. The van der Waals surface area contributed by atoms with Gasteiger partial charge < -0.3 is 28.9 Å². The maximum atomic E-state index is 8.00. The molecule has 8 heterocycles. The van der Waals surface area contributed by atoms with Gasteiger partial charge in [-0.25, -0.2) is 0 Å². The van der Waals surface area contributed by atoms with E-state index in [2.05, 4.69) is 289 Å². The molecule has 0 atom stereocenters. The van der Waals surface area contributed by atoms with E-state index in [1.807, 2.05) is 22.7 Å². The molecule has 0 saturated heterocycles. The van der Waals surface area contributed by atoms with Crippen molar-refractivity contribution in [3.8, 4) is 67.9 Å². The van der Waals surface area contributed by atoms with Crippen LogP contribution in [-0.4, -0.2) is 20.1 Å². The quantitative estimate of drug-likeness (QED) is 0.155. The van der Waals surface area contributed by atoms with Gasteiger partial charge in [-0.05, 0) is 235 Å². The summed E-state index contributed by atoms with van der Waals surface area (Å²) in [6.45, 7) is 19.6. The third-order valence-corrected chi connectivity index (χ3v) is 23.4. The number of hydrogen-bond donors (Lipinski definition) is 0. The van der Waals surface area contributed by atoms with Crippen LogP contribution in [0.5, 0.6) is 34.5 Å². The third kappa shape index (κ3) is 7.80. The number of hydrogen-bond acceptors (Lipinski definition) is 8. The molecule has 0 aliphatic carbocycles. The lowest BCUT2D eigenvalue weighted by molar-refractivity contribution is 0.468. The molecule has 0 N–H and O–H groups in total. The Morgan fingerprint density at radius 2 is 0.702 bits per heavy atom. The van der Waals surface area contributed by atoms with Crippen LogP contribution in [0.4, 0.5) is 51.2 Å². The van der Waals surface area contributed by atoms with Crippen molar-refractivity contribution in [2.45, 2.75) is 62.3 Å². The Labute approximate surface area is 558 Å². The summed E-state index contributed by atoms with van der Waals surface area (Å²) in [6.07, 6.45) is 0. The van der Waals surface area contributed by atoms with Crippen LogP contribution in [0.25, 0.3) is 33.4 Å². The van der Waals surface area contributed by atoms with Crippen LogP contribution < -0.4 is 75.3 Å². The molecular formula is C83H62B3N3O3S2. The molecule has 0 radical (unpaired) electrons. The van der Waals surface area contributed by atoms with Gasteiger partial charge in [0, 0.05) is 58.7 Å². The van der Waals surface area contributed by atoms with Crippen molar-refractivity contribution < 1.29 is 14.2 Å². The van der Waals surface area contributed by atoms with Gasteiger partial charge in [-0.3, -0.25) is 0 Å². The lowest BCUT2D eigenvalue weighted by Crippen LogP contribution is -2.60. The Hall–Kier alpha value is -10.2. The molecule has 6 nitrogen and oxygen atoms in total. The first kappa shape index (κ1) is 55.5. The summed E-state index contributed by atoms with van der Waals surface area (Å²) in [6, 6.07) is 78.9. The van der Waals surface area contributed by atoms with Gasteiger partial charge in [-0.1, -0.05) is 145 Å². The van der Waals surface area contributed by atoms with Crippen LogP contribution in [0.15, 0.2) is 212 Å². The van der Waals surface area contributed by atoms with E-state index < -0.39 is 0 Å². The van der Waals surface area contributed by atoms with Gasteiger partial charge in [-0.2, -0.15) is 22.7 Å². The maximum absolute atomic E-state index is 8.00. The second-order valence-electron chi connectivity index (χ2n) is 26.7. The fraction of sp³-hybridized carbons (Fsp3) is 0.108. The summed E-state index contributed by atoms with van der Waals surface area (Å²) in [7, 11) is 0. The van der Waals surface area contributed by atoms with E-state index in [9.17, 15) is 0 Å². The zero-order chi connectivity index (χ0) is 63.3. The number of fused-ring (bicyclic) bond motifs is 14. The summed E-state index contributed by atoms with van der Waals surface area (Å²) in [5.41, 5.74) is 33.9. The lowest BCUT2D eigenvalue weighted by Gasteiger charge is -2.43. The molecule has 6 aliphatic rings. The van der Waals surface area contributed by atoms with Gasteiger partial charge in [-0.15, -0.1) is 0 Å². The molecule has 2 aromatic heterocycles. The molecule has 0 spiro atoms. The van der Waals surface area contributed by atoms with Crippen LogP contribution in [0.3, 0.4) is 0 Å². The molecule has 11 aromatic carbocycles. The van der Waals surface area contributed by atoms with Gasteiger partial charge in [0.05, 0.1) is 17.1 Å². The van der Waals surface area contributed by atoms with E-state index in [0.717, 1.165) is 96.4 Å². The summed E-state index contributed by atoms with van der Waals surface area (Å²) in [5, 5.41) is 0. The summed E-state index contributed by atoms with van der Waals surface area (Å²) < 4.78 is 28.1. The van der Waals surface area contributed by atoms with Crippen molar-refractivity contribution in [2.75, 3.05) is 14.7 Å². The standard InChI is InChI=1S/C83H62B3N3O3S2/c1-45-37-52(8)75(53(9)38-45)89-64-41-55(70-48(4)25-21-26-49(70)5)42-66-73(64)85(60-34-17-19-36-65(60)90-66)81-77(89)79-83(94-81)86-74-67(43-56(44-68(74)92-79)71-50(6)27-22-28-51(71)7)91-78-76-80(93-82(78)86)84-59-33-16-18-35-61(59)87(57-29-12-10-13-30-57)62-39-54(69-46(2)23-20-24-47(69)3)40-63(72(62)84)88(76)58-31-14-11-15-32-58/h10-44H,1-9H3. The van der Waals surface area contributed by atoms with Crippen LogP contribution in [-0.2, 0) is 0 Å². The van der Waals surface area contributed by atoms with Crippen LogP contribution >= 0.6 is 22.7 Å². The highest BCUT2D eigenvalue weighted by atomic mass is 32.1. The number of aryl methyl sites for hydroxylation is 9. The molecule has 13 aromatic rings. The molecule has 94 heavy (non-hydrogen) atoms. The molecule has 0 fully saturated rings. The van der Waals surface area contributed by atoms with Crippen LogP contribution in [0.1, 0.15) is 50.1 Å². The molecule has 0 bridgehead atoms. The van der Waals surface area contributed by atoms with Crippen LogP contribution in [0, 0.1) is 62.3 Å². The first-order valence-electron chi connectivity index (χ1n) is 32.7. The van der Waals surface area contributed by atoms with Crippen molar-refractivity contribution in [3.63, 3.8) is 0 Å². The molecule has 0 amide bonds. The molecule has 6 aliphatic heterocycles. The second kappa shape index (κ2) is 20.4. The number of thiophene rings is 2. The van der Waals surface area contributed by atoms with Crippen molar-refractivity contribution in [3.05, 3.63) is 262 Å². The maximum Gasteiger partial charge on any atom is 0.285 e. The number of anilines is 9. The smallest absolute Gasteiger partial charge is 0.285 e. The first-order chi connectivity index (χ1) is 45.9. The van der Waals surface area contributed by atoms with E-state index in [0.29, 0.717) is 0 Å². The average molecular weight is 1250 g/mol. The largest absolute Gasteiger partial charge is 0.458 e. The van der Waals surface area contributed by atoms with Gasteiger partial charge in [0.25, 0.3) is 20.1 Å². The highest BCUT2D eigenvalue weighted by Gasteiger charge is 2.55. The molecule has 19 rings (SSSR count). The van der Waals surface area contributed by atoms with E-state index in [4.69, 9.17) is 14.2 Å². The Balaban J connectivity index is 0.932. The van der Waals surface area contributed by atoms with Gasteiger partial charge in [0.1, 0.15) is 23.0 Å². The predicted octanol–water partition coefficient (Wildman–Crippen LogP) is 16.8. The molecule has 11 heteroatoms. The zero-order valence-electron chi connectivity index (χ0n) is 53.8. The minimum atomic E-state index is -0.273. The van der Waals surface area contributed by atoms with Gasteiger partial charge >= 0.3 is 0 Å². The molecule has 0 saturated carbocycles. The van der Waals surface area contributed by atoms with E-state index in [1.165, 1.54) is 119 Å². The minimum absolute atomic E-state index is 0.147. The number of ether oxygens (including phenoxy) is 3. The van der Waals surface area contributed by atoms with Crippen LogP contribution in [0.2, 0.25) is 0 Å². The van der Waals surface area contributed by atoms with E-state index >= 15 is 0 Å². The highest BCUT2D eigenvalue weighted by Crippen LogP contribution is 2.56. The topological polar surface area (TPSA) is 37.4 Å². The predicted molar refractivity (Wildman–Crippen MR) is 399 cm³/mol. The monoisotopic (exact) mass is 1250 g/mol. The fourth-order valence-electron chi connectivity index (χ4n) is 17.2. The van der Waals surface area contributed by atoms with E-state index in [-0.39, 0.29) is 20.1 Å².